The van der Waals surface area contributed by atoms with Crippen molar-refractivity contribution >= 4 is 46.6 Å². The predicted molar refractivity (Wildman–Crippen MR) is 119 cm³/mol. The van der Waals surface area contributed by atoms with Crippen molar-refractivity contribution in [1.29, 1.82) is 0 Å². The third-order valence-corrected chi connectivity index (χ3v) is 6.09. The molecule has 1 saturated heterocycles. The average Bonchev–Trinajstić information content (AvgIpc) is 3.30. The topological polar surface area (TPSA) is 87.8 Å². The Balaban J connectivity index is 1.58. The molecule has 1 N–H and O–H groups in total. The molecule has 0 saturated carbocycles. The van der Waals surface area contributed by atoms with Crippen molar-refractivity contribution in [3.63, 3.8) is 0 Å². The zero-order valence-electron chi connectivity index (χ0n) is 16.3. The Kier molecular flexibility index (Phi) is 5.71. The molecule has 1 aliphatic heterocycles. The lowest BCUT2D eigenvalue weighted by Crippen LogP contribution is -2.27. The van der Waals surface area contributed by atoms with Gasteiger partial charge in [0, 0.05) is 16.7 Å². The lowest BCUT2D eigenvalue weighted by atomic mass is 10.0. The summed E-state index contributed by atoms with van der Waals surface area (Å²) < 4.78 is 5.82. The first-order valence-corrected chi connectivity index (χ1v) is 10.5. The van der Waals surface area contributed by atoms with Gasteiger partial charge in [-0.25, -0.2) is 4.79 Å². The van der Waals surface area contributed by atoms with E-state index in [0.29, 0.717) is 27.7 Å². The normalized spacial score (nSPS) is 15.2. The molecule has 3 aromatic rings. The number of carbonyl (C=O) groups excluding carboxylic acids is 2. The van der Waals surface area contributed by atoms with Gasteiger partial charge in [-0.05, 0) is 60.1 Å². The summed E-state index contributed by atoms with van der Waals surface area (Å²) in [4.78, 5) is 37.8. The van der Waals surface area contributed by atoms with Gasteiger partial charge >= 0.3 is 5.97 Å². The minimum Gasteiger partial charge on any atom is -0.478 e. The van der Waals surface area contributed by atoms with E-state index in [4.69, 9.17) is 16.0 Å². The van der Waals surface area contributed by atoms with Crippen LogP contribution in [-0.2, 0) is 11.3 Å². The number of benzene rings is 2. The maximum atomic E-state index is 12.8. The second-order valence-electron chi connectivity index (χ2n) is 6.90. The fraction of sp³-hybridized carbons (Fsp3) is 0.0870. The second-order valence-corrected chi connectivity index (χ2v) is 8.30. The molecule has 1 fully saturated rings. The first-order valence-electron chi connectivity index (χ1n) is 9.26. The molecule has 2 aromatic carbocycles. The highest BCUT2D eigenvalue weighted by molar-refractivity contribution is 8.18. The molecule has 0 radical (unpaired) electrons. The van der Waals surface area contributed by atoms with Crippen LogP contribution >= 0.6 is 23.4 Å². The van der Waals surface area contributed by atoms with E-state index in [2.05, 4.69) is 0 Å². The van der Waals surface area contributed by atoms with Crippen LogP contribution in [0.4, 0.5) is 4.79 Å². The molecule has 0 spiro atoms. The molecule has 0 unspecified atom stereocenters. The van der Waals surface area contributed by atoms with Crippen LogP contribution in [0.5, 0.6) is 0 Å². The van der Waals surface area contributed by atoms with Gasteiger partial charge in [0.1, 0.15) is 11.5 Å². The molecule has 0 atom stereocenters. The van der Waals surface area contributed by atoms with Crippen LogP contribution in [0.25, 0.3) is 17.4 Å². The zero-order valence-corrected chi connectivity index (χ0v) is 17.9. The number of carbonyl (C=O) groups is 3. The van der Waals surface area contributed by atoms with Gasteiger partial charge < -0.3 is 9.52 Å². The Morgan fingerprint density at radius 1 is 1.16 bits per heavy atom. The van der Waals surface area contributed by atoms with E-state index >= 15 is 0 Å². The monoisotopic (exact) mass is 453 g/mol. The van der Waals surface area contributed by atoms with Gasteiger partial charge in [-0.15, -0.1) is 0 Å². The molecule has 0 bridgehead atoms. The highest BCUT2D eigenvalue weighted by Crippen LogP contribution is 2.35. The van der Waals surface area contributed by atoms with E-state index in [0.717, 1.165) is 22.2 Å². The number of carboxylic acids is 1. The van der Waals surface area contributed by atoms with Crippen molar-refractivity contribution in [2.45, 2.75) is 13.5 Å². The summed E-state index contributed by atoms with van der Waals surface area (Å²) in [6.45, 7) is 1.94. The molecule has 156 valence electrons. The Labute approximate surface area is 187 Å². The summed E-state index contributed by atoms with van der Waals surface area (Å²) in [5.74, 6) is -0.585. The van der Waals surface area contributed by atoms with E-state index in [-0.39, 0.29) is 22.3 Å². The molecule has 8 heteroatoms. The Hall–Kier alpha value is -3.29. The van der Waals surface area contributed by atoms with Crippen molar-refractivity contribution in [1.82, 2.24) is 4.90 Å². The van der Waals surface area contributed by atoms with Gasteiger partial charge in [0.05, 0.1) is 17.0 Å². The molecule has 4 rings (SSSR count). The number of nitrogens with zero attached hydrogens (tertiary/aromatic N) is 1. The first-order chi connectivity index (χ1) is 14.8. The second kappa shape index (κ2) is 8.45. The summed E-state index contributed by atoms with van der Waals surface area (Å²) in [5, 5.41) is 9.32. The maximum Gasteiger partial charge on any atom is 0.335 e. The van der Waals surface area contributed by atoms with Gasteiger partial charge in [-0.2, -0.15) is 0 Å². The highest BCUT2D eigenvalue weighted by atomic mass is 35.5. The number of rotatable bonds is 5. The van der Waals surface area contributed by atoms with Crippen LogP contribution in [0.3, 0.4) is 0 Å². The van der Waals surface area contributed by atoms with Gasteiger partial charge in [-0.3, -0.25) is 14.5 Å². The molecular weight excluding hydrogens is 438 g/mol. The van der Waals surface area contributed by atoms with Gasteiger partial charge in [-0.1, -0.05) is 35.9 Å². The van der Waals surface area contributed by atoms with Crippen LogP contribution < -0.4 is 0 Å². The van der Waals surface area contributed by atoms with Gasteiger partial charge in [0.25, 0.3) is 11.1 Å². The fourth-order valence-corrected chi connectivity index (χ4v) is 4.17. The number of carboxylic acid groups (broad SMARTS) is 1. The lowest BCUT2D eigenvalue weighted by Gasteiger charge is -2.13. The van der Waals surface area contributed by atoms with E-state index < -0.39 is 11.9 Å². The predicted octanol–water partition coefficient (Wildman–Crippen LogP) is 5.84. The number of aryl methyl sites for hydroxylation is 1. The average molecular weight is 454 g/mol. The van der Waals surface area contributed by atoms with Crippen molar-refractivity contribution < 1.29 is 23.9 Å². The summed E-state index contributed by atoms with van der Waals surface area (Å²) >= 11 is 6.98. The summed E-state index contributed by atoms with van der Waals surface area (Å²) in [6.07, 6.45) is 1.51. The van der Waals surface area contributed by atoms with E-state index in [1.807, 2.05) is 6.92 Å². The van der Waals surface area contributed by atoms with Gasteiger partial charge in [0.2, 0.25) is 0 Å². The van der Waals surface area contributed by atoms with Crippen LogP contribution in [0.1, 0.15) is 27.2 Å². The first kappa shape index (κ1) is 21.0. The minimum absolute atomic E-state index is 0.0895. The number of amides is 2. The molecule has 31 heavy (non-hydrogen) atoms. The number of hydrogen-bond acceptors (Lipinski definition) is 5. The summed E-state index contributed by atoms with van der Waals surface area (Å²) in [6, 6.07) is 15.2. The zero-order chi connectivity index (χ0) is 22.1. The largest absolute Gasteiger partial charge is 0.478 e. The Morgan fingerprint density at radius 2 is 1.94 bits per heavy atom. The van der Waals surface area contributed by atoms with Crippen LogP contribution in [0.15, 0.2) is 63.9 Å². The van der Waals surface area contributed by atoms with E-state index in [1.54, 1.807) is 42.5 Å². The van der Waals surface area contributed by atoms with Crippen LogP contribution in [0, 0.1) is 6.92 Å². The smallest absolute Gasteiger partial charge is 0.335 e. The van der Waals surface area contributed by atoms with Crippen molar-refractivity contribution in [2.24, 2.45) is 0 Å². The number of halogens is 1. The van der Waals surface area contributed by atoms with Crippen molar-refractivity contribution in [3.05, 3.63) is 87.0 Å². The number of furan rings is 1. The molecule has 2 heterocycles. The van der Waals surface area contributed by atoms with E-state index in [1.165, 1.54) is 18.2 Å². The van der Waals surface area contributed by atoms with Gasteiger partial charge in [0.15, 0.2) is 0 Å². The molecule has 2 amide bonds. The third kappa shape index (κ3) is 4.28. The molecular formula is C23H16ClNO5S. The van der Waals surface area contributed by atoms with Crippen molar-refractivity contribution in [2.75, 3.05) is 0 Å². The molecule has 1 aliphatic rings. The molecule has 0 aliphatic carbocycles. The Morgan fingerprint density at radius 3 is 2.68 bits per heavy atom. The highest BCUT2D eigenvalue weighted by Gasteiger charge is 2.35. The fourth-order valence-electron chi connectivity index (χ4n) is 3.16. The molecule has 6 nitrogen and oxygen atoms in total. The summed E-state index contributed by atoms with van der Waals surface area (Å²) in [7, 11) is 0. The number of hydrogen-bond donors (Lipinski definition) is 1. The minimum atomic E-state index is -1.03. The van der Waals surface area contributed by atoms with Crippen molar-refractivity contribution in [3.8, 4) is 11.3 Å². The standard InChI is InChI=1S/C23H16ClNO5S/c1-13-6-7-14(22(27)28)10-17(13)19-9-8-16(30-19)11-20-21(26)25(23(29)31-20)12-15-4-2-3-5-18(15)24/h2-11H,12H2,1H3,(H,27,28). The lowest BCUT2D eigenvalue weighted by molar-refractivity contribution is -0.123. The number of aromatic carboxylic acids is 1. The van der Waals surface area contributed by atoms with Crippen LogP contribution in [-0.4, -0.2) is 27.1 Å². The van der Waals surface area contributed by atoms with Crippen LogP contribution in [0.2, 0.25) is 5.02 Å². The number of thioether (sulfide) groups is 1. The summed E-state index contributed by atoms with van der Waals surface area (Å²) in [5.41, 5.74) is 2.33. The van der Waals surface area contributed by atoms with E-state index in [9.17, 15) is 19.5 Å². The Bertz CT molecular complexity index is 1250. The third-order valence-electron chi connectivity index (χ3n) is 4.81. The maximum absolute atomic E-state index is 12.8. The SMILES string of the molecule is Cc1ccc(C(=O)O)cc1-c1ccc(C=C2SC(=O)N(Cc3ccccc3Cl)C2=O)o1. The quantitative estimate of drug-likeness (QED) is 0.488. The number of imide groups is 1. The molecule has 1 aromatic heterocycles.